The standard InChI is InChI=1S/C10H8BrClN2/c11-10-6-9(14-5-1-4-12)3-2-8(10)7-13/h1-4,6,14H,5H2/b4-1+. The normalized spacial score (nSPS) is 10.1. The van der Waals surface area contributed by atoms with Crippen LogP contribution >= 0.6 is 27.5 Å². The molecule has 14 heavy (non-hydrogen) atoms. The van der Waals surface area contributed by atoms with Gasteiger partial charge in [-0.05, 0) is 34.1 Å². The fourth-order valence-corrected chi connectivity index (χ4v) is 1.49. The quantitative estimate of drug-likeness (QED) is 0.913. The number of benzene rings is 1. The minimum Gasteiger partial charge on any atom is -0.381 e. The molecule has 1 aromatic rings. The Kier molecular flexibility index (Phi) is 4.51. The van der Waals surface area contributed by atoms with Crippen LogP contribution in [-0.2, 0) is 0 Å². The molecule has 1 rings (SSSR count). The van der Waals surface area contributed by atoms with E-state index in [0.717, 1.165) is 10.2 Å². The molecule has 0 amide bonds. The van der Waals surface area contributed by atoms with Gasteiger partial charge in [-0.1, -0.05) is 17.7 Å². The molecule has 0 spiro atoms. The minimum absolute atomic E-state index is 0.628. The molecule has 0 aromatic heterocycles. The Morgan fingerprint density at radius 2 is 2.36 bits per heavy atom. The summed E-state index contributed by atoms with van der Waals surface area (Å²) in [6.07, 6.45) is 1.80. The van der Waals surface area contributed by atoms with Gasteiger partial charge in [0, 0.05) is 22.2 Å². The number of halogens is 2. The second kappa shape index (κ2) is 5.69. The van der Waals surface area contributed by atoms with Gasteiger partial charge in [-0.3, -0.25) is 0 Å². The van der Waals surface area contributed by atoms with Crippen LogP contribution in [0.4, 0.5) is 5.69 Å². The second-order valence-corrected chi connectivity index (χ2v) is 3.66. The third-order valence-corrected chi connectivity index (χ3v) is 2.44. The van der Waals surface area contributed by atoms with E-state index in [1.165, 1.54) is 5.54 Å². The molecule has 4 heteroatoms. The lowest BCUT2D eigenvalue weighted by atomic mass is 10.2. The third-order valence-electron chi connectivity index (χ3n) is 1.60. The van der Waals surface area contributed by atoms with Gasteiger partial charge in [0.1, 0.15) is 6.07 Å². The molecule has 0 fully saturated rings. The fraction of sp³-hybridized carbons (Fsp3) is 0.100. The summed E-state index contributed by atoms with van der Waals surface area (Å²) in [6.45, 7) is 0.668. The van der Waals surface area contributed by atoms with Crippen molar-refractivity contribution < 1.29 is 0 Å². The van der Waals surface area contributed by atoms with Crippen LogP contribution in [0.1, 0.15) is 5.56 Å². The Hall–Kier alpha value is -0.980. The molecule has 0 bridgehead atoms. The number of nitriles is 1. The van der Waals surface area contributed by atoms with Gasteiger partial charge < -0.3 is 5.32 Å². The molecular formula is C10H8BrClN2. The number of rotatable bonds is 3. The van der Waals surface area contributed by atoms with E-state index in [9.17, 15) is 0 Å². The van der Waals surface area contributed by atoms with E-state index < -0.39 is 0 Å². The Morgan fingerprint density at radius 3 is 2.93 bits per heavy atom. The summed E-state index contributed by atoms with van der Waals surface area (Å²) in [5.74, 6) is 0. The maximum absolute atomic E-state index is 8.69. The minimum atomic E-state index is 0.628. The Labute approximate surface area is 96.3 Å². The van der Waals surface area contributed by atoms with Crippen LogP contribution in [0.25, 0.3) is 0 Å². The number of hydrogen-bond acceptors (Lipinski definition) is 2. The first kappa shape index (κ1) is 11.1. The van der Waals surface area contributed by atoms with Gasteiger partial charge in [0.2, 0.25) is 0 Å². The van der Waals surface area contributed by atoms with Crippen LogP contribution in [0.3, 0.4) is 0 Å². The second-order valence-electron chi connectivity index (χ2n) is 2.55. The molecule has 0 aliphatic rings. The van der Waals surface area contributed by atoms with Crippen molar-refractivity contribution in [3.8, 4) is 6.07 Å². The molecule has 1 N–H and O–H groups in total. The van der Waals surface area contributed by atoms with Crippen LogP contribution in [0.5, 0.6) is 0 Å². The third kappa shape index (κ3) is 3.06. The molecule has 0 atom stereocenters. The van der Waals surface area contributed by atoms with Gasteiger partial charge in [-0.25, -0.2) is 0 Å². The van der Waals surface area contributed by atoms with Crippen LogP contribution in [-0.4, -0.2) is 6.54 Å². The van der Waals surface area contributed by atoms with E-state index in [-0.39, 0.29) is 0 Å². The molecule has 2 nitrogen and oxygen atoms in total. The van der Waals surface area contributed by atoms with E-state index in [1.54, 1.807) is 12.1 Å². The molecule has 0 saturated heterocycles. The van der Waals surface area contributed by atoms with Gasteiger partial charge >= 0.3 is 0 Å². The molecule has 0 aliphatic carbocycles. The lowest BCUT2D eigenvalue weighted by Crippen LogP contribution is -1.97. The highest BCUT2D eigenvalue weighted by Gasteiger charge is 1.98. The van der Waals surface area contributed by atoms with Gasteiger partial charge in [-0.2, -0.15) is 5.26 Å². The molecule has 0 aliphatic heterocycles. The summed E-state index contributed by atoms with van der Waals surface area (Å²) in [7, 11) is 0. The van der Waals surface area contributed by atoms with Crippen molar-refractivity contribution >= 4 is 33.2 Å². The number of nitrogens with zero attached hydrogens (tertiary/aromatic N) is 1. The molecule has 1 aromatic carbocycles. The molecule has 0 radical (unpaired) electrons. The summed E-state index contributed by atoms with van der Waals surface area (Å²) in [4.78, 5) is 0. The molecule has 0 unspecified atom stereocenters. The van der Waals surface area contributed by atoms with Crippen molar-refractivity contribution in [1.29, 1.82) is 5.26 Å². The largest absolute Gasteiger partial charge is 0.381 e. The molecular weight excluding hydrogens is 263 g/mol. The lowest BCUT2D eigenvalue weighted by molar-refractivity contribution is 1.33. The fourth-order valence-electron chi connectivity index (χ4n) is 0.937. The van der Waals surface area contributed by atoms with E-state index in [0.29, 0.717) is 12.1 Å². The highest BCUT2D eigenvalue weighted by Crippen LogP contribution is 2.20. The van der Waals surface area contributed by atoms with Crippen molar-refractivity contribution in [2.45, 2.75) is 0 Å². The summed E-state index contributed by atoms with van der Waals surface area (Å²) in [5, 5.41) is 11.8. The van der Waals surface area contributed by atoms with Gasteiger partial charge in [-0.15, -0.1) is 0 Å². The van der Waals surface area contributed by atoms with Gasteiger partial charge in [0.05, 0.1) is 5.56 Å². The van der Waals surface area contributed by atoms with Crippen molar-refractivity contribution in [1.82, 2.24) is 0 Å². The Balaban J connectivity index is 2.72. The average Bonchev–Trinajstić information content (AvgIpc) is 2.18. The zero-order valence-electron chi connectivity index (χ0n) is 7.30. The van der Waals surface area contributed by atoms with Crippen molar-refractivity contribution in [3.05, 3.63) is 39.8 Å². The zero-order chi connectivity index (χ0) is 10.4. The first-order valence-corrected chi connectivity index (χ1v) is 5.19. The Bertz CT molecular complexity index is 382. The van der Waals surface area contributed by atoms with E-state index >= 15 is 0 Å². The summed E-state index contributed by atoms with van der Waals surface area (Å²) in [5.41, 5.74) is 3.04. The van der Waals surface area contributed by atoms with Gasteiger partial charge in [0.15, 0.2) is 0 Å². The van der Waals surface area contributed by atoms with Gasteiger partial charge in [0.25, 0.3) is 0 Å². The number of nitrogens with one attached hydrogen (secondary N) is 1. The molecule has 72 valence electrons. The van der Waals surface area contributed by atoms with E-state index in [1.807, 2.05) is 12.1 Å². The van der Waals surface area contributed by atoms with Crippen molar-refractivity contribution in [2.75, 3.05) is 11.9 Å². The predicted molar refractivity (Wildman–Crippen MR) is 62.3 cm³/mol. The summed E-state index contributed by atoms with van der Waals surface area (Å²) < 4.78 is 0.792. The maximum Gasteiger partial charge on any atom is 0.100 e. The number of hydrogen-bond donors (Lipinski definition) is 1. The monoisotopic (exact) mass is 270 g/mol. The van der Waals surface area contributed by atoms with Crippen LogP contribution in [0.15, 0.2) is 34.3 Å². The van der Waals surface area contributed by atoms with Crippen LogP contribution < -0.4 is 5.32 Å². The number of anilines is 1. The topological polar surface area (TPSA) is 35.8 Å². The first-order valence-electron chi connectivity index (χ1n) is 3.96. The van der Waals surface area contributed by atoms with E-state index in [4.69, 9.17) is 16.9 Å². The van der Waals surface area contributed by atoms with Crippen LogP contribution in [0.2, 0.25) is 0 Å². The average molecular weight is 272 g/mol. The zero-order valence-corrected chi connectivity index (χ0v) is 9.64. The molecule has 0 heterocycles. The lowest BCUT2D eigenvalue weighted by Gasteiger charge is -2.04. The van der Waals surface area contributed by atoms with E-state index in [2.05, 4.69) is 27.3 Å². The smallest absolute Gasteiger partial charge is 0.100 e. The summed E-state index contributed by atoms with van der Waals surface area (Å²) >= 11 is 8.68. The van der Waals surface area contributed by atoms with Crippen LogP contribution in [0, 0.1) is 11.3 Å². The highest BCUT2D eigenvalue weighted by atomic mass is 79.9. The maximum atomic E-state index is 8.69. The predicted octanol–water partition coefficient (Wildman–Crippen LogP) is 3.49. The SMILES string of the molecule is N#Cc1ccc(NC/C=C/Cl)cc1Br. The highest BCUT2D eigenvalue weighted by molar-refractivity contribution is 9.10. The molecule has 0 saturated carbocycles. The van der Waals surface area contributed by atoms with Crippen molar-refractivity contribution in [2.24, 2.45) is 0 Å². The Morgan fingerprint density at radius 1 is 1.57 bits per heavy atom. The summed E-state index contributed by atoms with van der Waals surface area (Å²) in [6, 6.07) is 7.56. The first-order chi connectivity index (χ1) is 6.77. The van der Waals surface area contributed by atoms with Crippen molar-refractivity contribution in [3.63, 3.8) is 0 Å².